The summed E-state index contributed by atoms with van der Waals surface area (Å²) in [6.45, 7) is 3.54. The number of thiophene rings is 1. The number of carboxylic acid groups (broad SMARTS) is 1. The molecule has 2 aromatic rings. The number of nitrogens with one attached hydrogen (secondary N) is 1. The Labute approximate surface area is 125 Å². The van der Waals surface area contributed by atoms with E-state index in [1.807, 2.05) is 0 Å². The van der Waals surface area contributed by atoms with Gasteiger partial charge >= 0.3 is 5.97 Å². The van der Waals surface area contributed by atoms with E-state index in [0.29, 0.717) is 20.5 Å². The van der Waals surface area contributed by atoms with Crippen molar-refractivity contribution >= 4 is 40.5 Å². The summed E-state index contributed by atoms with van der Waals surface area (Å²) in [6, 6.07) is 6.47. The number of carbonyl (C=O) groups is 2. The maximum absolute atomic E-state index is 12.0. The first-order valence-electron chi connectivity index (χ1n) is 5.79. The summed E-state index contributed by atoms with van der Waals surface area (Å²) in [5.74, 6) is -1.32. The fourth-order valence-electron chi connectivity index (χ4n) is 1.78. The van der Waals surface area contributed by atoms with Gasteiger partial charge in [0.05, 0.1) is 14.8 Å². The topological polar surface area (TPSA) is 66.4 Å². The molecule has 1 aromatic carbocycles. The van der Waals surface area contributed by atoms with E-state index in [1.165, 1.54) is 17.4 Å². The van der Waals surface area contributed by atoms with Crippen LogP contribution in [0.4, 0.5) is 5.69 Å². The molecule has 1 heterocycles. The summed E-state index contributed by atoms with van der Waals surface area (Å²) in [4.78, 5) is 23.6. The first-order valence-corrected chi connectivity index (χ1v) is 6.99. The lowest BCUT2D eigenvalue weighted by atomic mass is 10.0. The van der Waals surface area contributed by atoms with Gasteiger partial charge in [0.15, 0.2) is 0 Å². The van der Waals surface area contributed by atoms with E-state index < -0.39 is 5.97 Å². The lowest BCUT2D eigenvalue weighted by molar-refractivity contribution is 0.0695. The van der Waals surface area contributed by atoms with Crippen LogP contribution in [0, 0.1) is 13.8 Å². The molecule has 104 valence electrons. The van der Waals surface area contributed by atoms with Crippen molar-refractivity contribution in [3.8, 4) is 0 Å². The number of rotatable bonds is 3. The highest BCUT2D eigenvalue weighted by Gasteiger charge is 2.14. The van der Waals surface area contributed by atoms with Crippen molar-refractivity contribution in [1.82, 2.24) is 0 Å². The average molecular weight is 310 g/mol. The van der Waals surface area contributed by atoms with Gasteiger partial charge in [-0.05, 0) is 49.2 Å². The number of aromatic carboxylic acids is 1. The molecule has 2 N–H and O–H groups in total. The fourth-order valence-corrected chi connectivity index (χ4v) is 2.72. The highest BCUT2D eigenvalue weighted by Crippen LogP contribution is 2.24. The summed E-state index contributed by atoms with van der Waals surface area (Å²) in [6.07, 6.45) is 0. The highest BCUT2D eigenvalue weighted by molar-refractivity contribution is 7.18. The van der Waals surface area contributed by atoms with E-state index in [1.54, 1.807) is 32.0 Å². The summed E-state index contributed by atoms with van der Waals surface area (Å²) in [5.41, 5.74) is 2.14. The molecule has 0 fully saturated rings. The fraction of sp³-hybridized carbons (Fsp3) is 0.143. The number of carbonyl (C=O) groups excluding carboxylic acids is 1. The molecule has 0 aliphatic heterocycles. The van der Waals surface area contributed by atoms with Crippen LogP contribution in [-0.2, 0) is 0 Å². The maximum atomic E-state index is 12.0. The van der Waals surface area contributed by atoms with Gasteiger partial charge in [0.2, 0.25) is 0 Å². The first kappa shape index (κ1) is 14.6. The SMILES string of the molecule is Cc1cc(NC(=O)c2ccc(Cl)s2)cc(C(=O)O)c1C. The van der Waals surface area contributed by atoms with Crippen molar-refractivity contribution in [3.63, 3.8) is 0 Å². The van der Waals surface area contributed by atoms with Gasteiger partial charge in [0.25, 0.3) is 5.91 Å². The normalized spacial score (nSPS) is 10.3. The van der Waals surface area contributed by atoms with Crippen LogP contribution >= 0.6 is 22.9 Å². The van der Waals surface area contributed by atoms with Crippen molar-refractivity contribution in [2.24, 2.45) is 0 Å². The summed E-state index contributed by atoms with van der Waals surface area (Å²) >= 11 is 6.95. The molecule has 6 heteroatoms. The Morgan fingerprint density at radius 1 is 1.25 bits per heavy atom. The quantitative estimate of drug-likeness (QED) is 0.901. The van der Waals surface area contributed by atoms with Gasteiger partial charge in [0.1, 0.15) is 0 Å². The van der Waals surface area contributed by atoms with Crippen molar-refractivity contribution < 1.29 is 14.7 Å². The summed E-state index contributed by atoms with van der Waals surface area (Å²) < 4.78 is 0.529. The zero-order valence-electron chi connectivity index (χ0n) is 10.9. The minimum atomic E-state index is -1.01. The second kappa shape index (κ2) is 5.64. The zero-order valence-corrected chi connectivity index (χ0v) is 12.4. The Morgan fingerprint density at radius 2 is 1.95 bits per heavy atom. The highest BCUT2D eigenvalue weighted by atomic mass is 35.5. The minimum Gasteiger partial charge on any atom is -0.478 e. The Bertz CT molecular complexity index is 694. The summed E-state index contributed by atoms with van der Waals surface area (Å²) in [7, 11) is 0. The van der Waals surface area contributed by atoms with Gasteiger partial charge in [-0.25, -0.2) is 4.79 Å². The molecule has 2 rings (SSSR count). The lowest BCUT2D eigenvalue weighted by Crippen LogP contribution is -2.12. The first-order chi connectivity index (χ1) is 9.38. The Balaban J connectivity index is 2.30. The number of amides is 1. The molecule has 1 amide bonds. The summed E-state index contributed by atoms with van der Waals surface area (Å²) in [5, 5.41) is 11.8. The van der Waals surface area contributed by atoms with Crippen molar-refractivity contribution in [3.05, 3.63) is 50.2 Å². The number of aryl methyl sites for hydroxylation is 1. The van der Waals surface area contributed by atoms with Crippen LogP contribution in [-0.4, -0.2) is 17.0 Å². The molecule has 0 saturated heterocycles. The molecule has 4 nitrogen and oxygen atoms in total. The van der Waals surface area contributed by atoms with Gasteiger partial charge in [-0.2, -0.15) is 0 Å². The third-order valence-corrected chi connectivity index (χ3v) is 4.18. The van der Waals surface area contributed by atoms with Crippen molar-refractivity contribution in [2.45, 2.75) is 13.8 Å². The zero-order chi connectivity index (χ0) is 14.9. The van der Waals surface area contributed by atoms with E-state index >= 15 is 0 Å². The number of hydrogen-bond acceptors (Lipinski definition) is 3. The molecule has 1 aromatic heterocycles. The standard InChI is InChI=1S/C14H12ClNO3S/c1-7-5-9(6-10(8(7)2)14(18)19)16-13(17)11-3-4-12(15)20-11/h3-6H,1-2H3,(H,16,17)(H,18,19). The number of benzene rings is 1. The van der Waals surface area contributed by atoms with E-state index in [-0.39, 0.29) is 11.5 Å². The predicted octanol–water partition coefficient (Wildman–Crippen LogP) is 3.97. The maximum Gasteiger partial charge on any atom is 0.336 e. The van der Waals surface area contributed by atoms with Gasteiger partial charge in [-0.1, -0.05) is 11.6 Å². The molecule has 20 heavy (non-hydrogen) atoms. The van der Waals surface area contributed by atoms with Crippen LogP contribution in [0.5, 0.6) is 0 Å². The van der Waals surface area contributed by atoms with Gasteiger partial charge in [-0.3, -0.25) is 4.79 Å². The van der Waals surface area contributed by atoms with Gasteiger partial charge < -0.3 is 10.4 Å². The molecule has 0 bridgehead atoms. The van der Waals surface area contributed by atoms with Gasteiger partial charge in [0, 0.05) is 5.69 Å². The van der Waals surface area contributed by atoms with E-state index in [0.717, 1.165) is 5.56 Å². The van der Waals surface area contributed by atoms with E-state index in [9.17, 15) is 9.59 Å². The molecule has 0 unspecified atom stereocenters. The molecule has 0 saturated carbocycles. The van der Waals surface area contributed by atoms with E-state index in [2.05, 4.69) is 5.32 Å². The Hall–Kier alpha value is -1.85. The number of halogens is 1. The molecule has 0 spiro atoms. The molecule has 0 aliphatic carbocycles. The number of anilines is 1. The largest absolute Gasteiger partial charge is 0.478 e. The minimum absolute atomic E-state index is 0.185. The second-order valence-corrected chi connectivity index (χ2v) is 6.04. The van der Waals surface area contributed by atoms with Crippen LogP contribution in [0.15, 0.2) is 24.3 Å². The van der Waals surface area contributed by atoms with Crippen LogP contribution < -0.4 is 5.32 Å². The molecule has 0 aliphatic rings. The van der Waals surface area contributed by atoms with Crippen molar-refractivity contribution in [1.29, 1.82) is 0 Å². The lowest BCUT2D eigenvalue weighted by Gasteiger charge is -2.10. The van der Waals surface area contributed by atoms with Crippen LogP contribution in [0.2, 0.25) is 4.34 Å². The van der Waals surface area contributed by atoms with Gasteiger partial charge in [-0.15, -0.1) is 11.3 Å². The monoisotopic (exact) mass is 309 g/mol. The third kappa shape index (κ3) is 3.00. The molecule has 0 atom stereocenters. The number of carboxylic acids is 1. The van der Waals surface area contributed by atoms with Crippen LogP contribution in [0.25, 0.3) is 0 Å². The average Bonchev–Trinajstić information content (AvgIpc) is 2.80. The number of hydrogen-bond donors (Lipinski definition) is 2. The van der Waals surface area contributed by atoms with Crippen LogP contribution in [0.3, 0.4) is 0 Å². The predicted molar refractivity (Wildman–Crippen MR) is 80.2 cm³/mol. The van der Waals surface area contributed by atoms with Crippen molar-refractivity contribution in [2.75, 3.05) is 5.32 Å². The Kier molecular flexibility index (Phi) is 4.11. The molecular weight excluding hydrogens is 298 g/mol. The van der Waals surface area contributed by atoms with Crippen LogP contribution in [0.1, 0.15) is 31.2 Å². The Morgan fingerprint density at radius 3 is 2.50 bits per heavy atom. The smallest absolute Gasteiger partial charge is 0.336 e. The third-order valence-electron chi connectivity index (χ3n) is 2.95. The van der Waals surface area contributed by atoms with E-state index in [4.69, 9.17) is 16.7 Å². The molecular formula is C14H12ClNO3S. The second-order valence-electron chi connectivity index (χ2n) is 4.33. The molecule has 0 radical (unpaired) electrons.